The van der Waals surface area contributed by atoms with Crippen LogP contribution in [-0.2, 0) is 0 Å². The van der Waals surface area contributed by atoms with Crippen molar-refractivity contribution in [1.29, 1.82) is 0 Å². The van der Waals surface area contributed by atoms with Crippen LogP contribution >= 0.6 is 0 Å². The molecule has 0 spiro atoms. The number of anilines is 1. The van der Waals surface area contributed by atoms with Gasteiger partial charge in [-0.05, 0) is 37.5 Å². The molecule has 0 amide bonds. The molecular formula is C17H23F6N3. The molecule has 1 fully saturated rings. The van der Waals surface area contributed by atoms with Gasteiger partial charge in [-0.3, -0.25) is 4.68 Å². The van der Waals surface area contributed by atoms with Crippen molar-refractivity contribution in [2.75, 3.05) is 5.73 Å². The van der Waals surface area contributed by atoms with Crippen LogP contribution in [0.15, 0.2) is 24.4 Å². The molecule has 0 radical (unpaired) electrons. The molecule has 1 saturated carbocycles. The van der Waals surface area contributed by atoms with Gasteiger partial charge in [0.25, 0.3) is 0 Å². The van der Waals surface area contributed by atoms with Crippen molar-refractivity contribution in [2.24, 2.45) is 0 Å². The van der Waals surface area contributed by atoms with Crippen LogP contribution in [0.3, 0.4) is 0 Å². The number of nitrogen functional groups attached to an aromatic ring is 1. The van der Waals surface area contributed by atoms with Crippen LogP contribution in [0.1, 0.15) is 52.0 Å². The van der Waals surface area contributed by atoms with Gasteiger partial charge in [-0.1, -0.05) is 13.8 Å². The predicted molar refractivity (Wildman–Crippen MR) is 89.7 cm³/mol. The van der Waals surface area contributed by atoms with E-state index in [1.54, 1.807) is 0 Å². The highest BCUT2D eigenvalue weighted by Gasteiger charge is 2.23. The summed E-state index contributed by atoms with van der Waals surface area (Å²) in [6.07, 6.45) is -3.40. The Morgan fingerprint density at radius 1 is 1.04 bits per heavy atom. The van der Waals surface area contributed by atoms with Crippen molar-refractivity contribution in [2.45, 2.75) is 64.3 Å². The standard InChI is InChI=1S/C11H13N3.2C3H5F3/c12-9-4-5-11-8(6-9)7-14(13-11)10-2-1-3-10;2*1-2-3(4,5)6/h4-7,10H,1-3,12H2;2*2H2,1H3. The van der Waals surface area contributed by atoms with E-state index in [0.29, 0.717) is 6.04 Å². The highest BCUT2D eigenvalue weighted by Crippen LogP contribution is 2.32. The van der Waals surface area contributed by atoms with Crippen molar-refractivity contribution in [3.8, 4) is 0 Å². The molecular weight excluding hydrogens is 360 g/mol. The molecule has 3 rings (SSSR count). The average molecular weight is 383 g/mol. The summed E-state index contributed by atoms with van der Waals surface area (Å²) < 4.78 is 66.8. The molecule has 1 aliphatic carbocycles. The number of aromatic nitrogens is 2. The molecule has 26 heavy (non-hydrogen) atoms. The highest BCUT2D eigenvalue weighted by molar-refractivity contribution is 5.81. The quantitative estimate of drug-likeness (QED) is 0.466. The number of nitrogens with two attached hydrogens (primary N) is 1. The minimum Gasteiger partial charge on any atom is -0.399 e. The van der Waals surface area contributed by atoms with Gasteiger partial charge in [-0.25, -0.2) is 0 Å². The Labute approximate surface area is 148 Å². The van der Waals surface area contributed by atoms with Crippen LogP contribution < -0.4 is 5.73 Å². The predicted octanol–water partition coefficient (Wildman–Crippen LogP) is 6.26. The second-order valence-electron chi connectivity index (χ2n) is 5.95. The number of nitrogens with zero attached hydrogens (tertiary/aromatic N) is 2. The summed E-state index contributed by atoms with van der Waals surface area (Å²) in [4.78, 5) is 0. The van der Waals surface area contributed by atoms with Crippen molar-refractivity contribution in [3.63, 3.8) is 0 Å². The van der Waals surface area contributed by atoms with Gasteiger partial charge < -0.3 is 5.73 Å². The summed E-state index contributed by atoms with van der Waals surface area (Å²) in [6.45, 7) is 2.17. The van der Waals surface area contributed by atoms with E-state index in [0.717, 1.165) is 30.4 Å². The lowest BCUT2D eigenvalue weighted by atomic mass is 9.93. The van der Waals surface area contributed by atoms with Gasteiger partial charge in [0.05, 0.1) is 11.6 Å². The Kier molecular flexibility index (Phi) is 7.77. The first-order valence-corrected chi connectivity index (χ1v) is 8.33. The van der Waals surface area contributed by atoms with Crippen molar-refractivity contribution in [1.82, 2.24) is 9.78 Å². The molecule has 1 aliphatic rings. The van der Waals surface area contributed by atoms with Crippen LogP contribution in [0.2, 0.25) is 0 Å². The number of fused-ring (bicyclic) bond motifs is 1. The molecule has 1 aromatic heterocycles. The van der Waals surface area contributed by atoms with Gasteiger partial charge in [-0.15, -0.1) is 0 Å². The van der Waals surface area contributed by atoms with Gasteiger partial charge in [0.2, 0.25) is 0 Å². The maximum Gasteiger partial charge on any atom is 0.388 e. The molecule has 0 unspecified atom stereocenters. The topological polar surface area (TPSA) is 43.8 Å². The van der Waals surface area contributed by atoms with E-state index >= 15 is 0 Å². The second kappa shape index (κ2) is 9.14. The molecule has 0 aliphatic heterocycles. The van der Waals surface area contributed by atoms with Gasteiger partial charge in [0.15, 0.2) is 0 Å². The zero-order valence-electron chi connectivity index (χ0n) is 14.7. The van der Waals surface area contributed by atoms with Crippen molar-refractivity contribution >= 4 is 16.6 Å². The van der Waals surface area contributed by atoms with E-state index in [9.17, 15) is 26.3 Å². The van der Waals surface area contributed by atoms with Crippen LogP contribution in [0.5, 0.6) is 0 Å². The first-order valence-electron chi connectivity index (χ1n) is 8.33. The summed E-state index contributed by atoms with van der Waals surface area (Å²) in [6, 6.07) is 6.50. The average Bonchev–Trinajstić information content (AvgIpc) is 2.87. The third-order valence-electron chi connectivity index (χ3n) is 3.80. The summed E-state index contributed by atoms with van der Waals surface area (Å²) in [5.74, 6) is 0. The smallest absolute Gasteiger partial charge is 0.388 e. The zero-order valence-corrected chi connectivity index (χ0v) is 14.7. The molecule has 2 aromatic rings. The van der Waals surface area contributed by atoms with Gasteiger partial charge in [0, 0.05) is 30.1 Å². The van der Waals surface area contributed by atoms with E-state index in [2.05, 4.69) is 16.0 Å². The van der Waals surface area contributed by atoms with E-state index in [4.69, 9.17) is 5.73 Å². The first-order chi connectivity index (χ1) is 11.9. The molecule has 1 heterocycles. The Bertz CT molecular complexity index is 657. The van der Waals surface area contributed by atoms with Gasteiger partial charge in [0.1, 0.15) is 0 Å². The number of rotatable bonds is 1. The van der Waals surface area contributed by atoms with E-state index in [1.165, 1.54) is 19.3 Å². The van der Waals surface area contributed by atoms with E-state index < -0.39 is 25.2 Å². The van der Waals surface area contributed by atoms with Crippen LogP contribution in [0.4, 0.5) is 32.0 Å². The highest BCUT2D eigenvalue weighted by atomic mass is 19.4. The molecule has 9 heteroatoms. The van der Waals surface area contributed by atoms with Crippen molar-refractivity contribution < 1.29 is 26.3 Å². The second-order valence-corrected chi connectivity index (χ2v) is 5.95. The Hall–Kier alpha value is -1.93. The number of benzene rings is 1. The molecule has 1 aromatic carbocycles. The third kappa shape index (κ3) is 7.97. The number of hydrogen-bond acceptors (Lipinski definition) is 2. The zero-order chi connectivity index (χ0) is 20.0. The fourth-order valence-electron chi connectivity index (χ4n) is 1.90. The molecule has 0 bridgehead atoms. The van der Waals surface area contributed by atoms with Crippen LogP contribution in [0, 0.1) is 0 Å². The SMILES string of the molecule is CCC(F)(F)F.CCC(F)(F)F.Nc1ccc2nn(C3CCC3)cc2c1. The Balaban J connectivity index is 0.000000238. The summed E-state index contributed by atoms with van der Waals surface area (Å²) in [7, 11) is 0. The molecule has 3 nitrogen and oxygen atoms in total. The van der Waals surface area contributed by atoms with E-state index in [1.807, 2.05) is 18.2 Å². The Morgan fingerprint density at radius 2 is 1.54 bits per heavy atom. The van der Waals surface area contributed by atoms with Crippen molar-refractivity contribution in [3.05, 3.63) is 24.4 Å². The van der Waals surface area contributed by atoms with Crippen LogP contribution in [-0.4, -0.2) is 22.1 Å². The number of hydrogen-bond donors (Lipinski definition) is 1. The van der Waals surface area contributed by atoms with E-state index in [-0.39, 0.29) is 0 Å². The maximum absolute atomic E-state index is 10.8. The number of alkyl halides is 6. The Morgan fingerprint density at radius 3 is 1.92 bits per heavy atom. The fraction of sp³-hybridized carbons (Fsp3) is 0.588. The summed E-state index contributed by atoms with van der Waals surface area (Å²) in [5.41, 5.74) is 7.58. The maximum atomic E-state index is 10.8. The third-order valence-corrected chi connectivity index (χ3v) is 3.80. The number of halogens is 6. The lowest BCUT2D eigenvalue weighted by molar-refractivity contribution is -0.131. The largest absolute Gasteiger partial charge is 0.399 e. The normalized spacial score (nSPS) is 14.8. The summed E-state index contributed by atoms with van der Waals surface area (Å²) >= 11 is 0. The molecule has 2 N–H and O–H groups in total. The lowest BCUT2D eigenvalue weighted by Crippen LogP contribution is -2.16. The summed E-state index contributed by atoms with van der Waals surface area (Å²) in [5, 5.41) is 5.69. The lowest BCUT2D eigenvalue weighted by Gasteiger charge is -2.25. The minimum absolute atomic E-state index is 0.628. The molecule has 0 saturated heterocycles. The minimum atomic E-state index is -3.96. The van der Waals surface area contributed by atoms with Crippen LogP contribution in [0.25, 0.3) is 10.9 Å². The molecule has 0 atom stereocenters. The van der Waals surface area contributed by atoms with Gasteiger partial charge >= 0.3 is 12.4 Å². The fourth-order valence-corrected chi connectivity index (χ4v) is 1.90. The molecule has 148 valence electrons. The first kappa shape index (κ1) is 22.1. The van der Waals surface area contributed by atoms with Gasteiger partial charge in [-0.2, -0.15) is 31.4 Å². The monoisotopic (exact) mass is 383 g/mol.